The van der Waals surface area contributed by atoms with Gasteiger partial charge in [-0.15, -0.1) is 0 Å². The number of rotatable bonds is 3. The second-order valence-corrected chi connectivity index (χ2v) is 3.11. The molecular formula is C13H10N2O2. The molecule has 1 aromatic rings. The van der Waals surface area contributed by atoms with Crippen molar-refractivity contribution in [2.24, 2.45) is 0 Å². The first-order chi connectivity index (χ1) is 8.21. The zero-order valence-corrected chi connectivity index (χ0v) is 9.30. The van der Waals surface area contributed by atoms with Crippen LogP contribution in [0.2, 0.25) is 0 Å². The van der Waals surface area contributed by atoms with Gasteiger partial charge in [-0.25, -0.2) is 4.79 Å². The molecule has 0 unspecified atom stereocenters. The maximum atomic E-state index is 11.2. The molecule has 4 nitrogen and oxygen atoms in total. The van der Waals surface area contributed by atoms with Crippen molar-refractivity contribution in [3.63, 3.8) is 0 Å². The Labute approximate surface area is 99.4 Å². The van der Waals surface area contributed by atoms with Gasteiger partial charge >= 0.3 is 5.97 Å². The van der Waals surface area contributed by atoms with E-state index < -0.39 is 5.97 Å². The number of hydrogen-bond donors (Lipinski definition) is 0. The van der Waals surface area contributed by atoms with E-state index >= 15 is 0 Å². The molecule has 0 aliphatic rings. The second kappa shape index (κ2) is 6.09. The molecule has 0 heterocycles. The molecule has 0 saturated carbocycles. The van der Waals surface area contributed by atoms with Gasteiger partial charge in [0, 0.05) is 6.08 Å². The first-order valence-corrected chi connectivity index (χ1v) is 5.00. The first kappa shape index (κ1) is 12.5. The number of nitriles is 2. The van der Waals surface area contributed by atoms with Crippen LogP contribution in [0.1, 0.15) is 18.1 Å². The fourth-order valence-electron chi connectivity index (χ4n) is 1.24. The Morgan fingerprint density at radius 3 is 2.82 bits per heavy atom. The number of ether oxygens (including phenoxy) is 1. The predicted molar refractivity (Wildman–Crippen MR) is 61.4 cm³/mol. The van der Waals surface area contributed by atoms with E-state index in [1.54, 1.807) is 31.2 Å². The van der Waals surface area contributed by atoms with Crippen molar-refractivity contribution in [2.45, 2.75) is 6.92 Å². The van der Waals surface area contributed by atoms with Crippen LogP contribution in [0.4, 0.5) is 0 Å². The minimum absolute atomic E-state index is 0.181. The van der Waals surface area contributed by atoms with Crippen LogP contribution in [-0.4, -0.2) is 12.6 Å². The van der Waals surface area contributed by atoms with Crippen LogP contribution in [0.15, 0.2) is 30.3 Å². The largest absolute Gasteiger partial charge is 0.463 e. The van der Waals surface area contributed by atoms with Crippen molar-refractivity contribution in [3.8, 4) is 12.1 Å². The predicted octanol–water partition coefficient (Wildman–Crippen LogP) is 2.03. The zero-order chi connectivity index (χ0) is 12.7. The SMILES string of the molecule is CCOC(=O)C=C(C#N)c1cccc(C#N)c1. The highest BCUT2D eigenvalue weighted by Crippen LogP contribution is 2.15. The number of benzene rings is 1. The summed E-state index contributed by atoms with van der Waals surface area (Å²) in [4.78, 5) is 11.2. The Morgan fingerprint density at radius 1 is 1.47 bits per heavy atom. The van der Waals surface area contributed by atoms with E-state index in [2.05, 4.69) is 0 Å². The number of carbonyl (C=O) groups is 1. The lowest BCUT2D eigenvalue weighted by atomic mass is 10.0. The summed E-state index contributed by atoms with van der Waals surface area (Å²) < 4.78 is 4.72. The third-order valence-electron chi connectivity index (χ3n) is 1.97. The lowest BCUT2D eigenvalue weighted by Crippen LogP contribution is -2.00. The standard InChI is InChI=1S/C13H10N2O2/c1-2-17-13(16)7-12(9-15)11-5-3-4-10(6-11)8-14/h3-7H,2H2,1H3. The van der Waals surface area contributed by atoms with Gasteiger partial charge in [-0.1, -0.05) is 12.1 Å². The summed E-state index contributed by atoms with van der Waals surface area (Å²) in [7, 11) is 0. The van der Waals surface area contributed by atoms with Gasteiger partial charge < -0.3 is 4.74 Å². The van der Waals surface area contributed by atoms with Crippen LogP contribution >= 0.6 is 0 Å². The van der Waals surface area contributed by atoms with Crippen molar-refractivity contribution in [1.82, 2.24) is 0 Å². The van der Waals surface area contributed by atoms with E-state index in [1.165, 1.54) is 0 Å². The fourth-order valence-corrected chi connectivity index (χ4v) is 1.24. The molecule has 1 rings (SSSR count). The summed E-state index contributed by atoms with van der Waals surface area (Å²) in [6.45, 7) is 1.94. The average Bonchev–Trinajstić information content (AvgIpc) is 2.36. The lowest BCUT2D eigenvalue weighted by molar-refractivity contribution is -0.137. The number of nitrogens with zero attached hydrogens (tertiary/aromatic N) is 2. The van der Waals surface area contributed by atoms with E-state index in [0.29, 0.717) is 11.1 Å². The highest BCUT2D eigenvalue weighted by atomic mass is 16.5. The summed E-state index contributed by atoms with van der Waals surface area (Å²) in [5.41, 5.74) is 1.15. The minimum Gasteiger partial charge on any atom is -0.463 e. The topological polar surface area (TPSA) is 73.9 Å². The number of carbonyl (C=O) groups excluding carboxylic acids is 1. The van der Waals surface area contributed by atoms with Crippen molar-refractivity contribution in [2.75, 3.05) is 6.61 Å². The van der Waals surface area contributed by atoms with E-state index in [0.717, 1.165) is 6.08 Å². The molecular weight excluding hydrogens is 216 g/mol. The van der Waals surface area contributed by atoms with E-state index in [9.17, 15) is 4.79 Å². The molecule has 1 aromatic carbocycles. The summed E-state index contributed by atoms with van der Waals surface area (Å²) in [6.07, 6.45) is 1.12. The summed E-state index contributed by atoms with van der Waals surface area (Å²) >= 11 is 0. The summed E-state index contributed by atoms with van der Waals surface area (Å²) in [5.74, 6) is -0.564. The number of esters is 1. The molecule has 84 valence electrons. The molecule has 0 spiro atoms. The number of hydrogen-bond acceptors (Lipinski definition) is 4. The van der Waals surface area contributed by atoms with Crippen LogP contribution in [0.5, 0.6) is 0 Å². The third kappa shape index (κ3) is 3.48. The quantitative estimate of drug-likeness (QED) is 0.449. The van der Waals surface area contributed by atoms with Crippen LogP contribution < -0.4 is 0 Å². The fraction of sp³-hybridized carbons (Fsp3) is 0.154. The summed E-state index contributed by atoms with van der Waals surface area (Å²) in [6, 6.07) is 10.4. The molecule has 0 fully saturated rings. The molecule has 4 heteroatoms. The zero-order valence-electron chi connectivity index (χ0n) is 9.30. The second-order valence-electron chi connectivity index (χ2n) is 3.11. The first-order valence-electron chi connectivity index (χ1n) is 5.00. The normalized spacial score (nSPS) is 10.2. The van der Waals surface area contributed by atoms with Crippen molar-refractivity contribution in [3.05, 3.63) is 41.5 Å². The summed E-state index contributed by atoms with van der Waals surface area (Å²) in [5, 5.41) is 17.7. The van der Waals surface area contributed by atoms with Crippen LogP contribution in [0.3, 0.4) is 0 Å². The van der Waals surface area contributed by atoms with Crippen molar-refractivity contribution >= 4 is 11.5 Å². The van der Waals surface area contributed by atoms with E-state index in [1.807, 2.05) is 12.1 Å². The molecule has 0 amide bonds. The Balaban J connectivity index is 3.07. The molecule has 0 saturated heterocycles. The Bertz CT molecular complexity index is 533. The van der Waals surface area contributed by atoms with Gasteiger partial charge in [-0.05, 0) is 24.6 Å². The molecule has 0 aliphatic carbocycles. The molecule has 0 N–H and O–H groups in total. The molecule has 0 aromatic heterocycles. The molecule has 0 bridgehead atoms. The Hall–Kier alpha value is -2.59. The maximum absolute atomic E-state index is 11.2. The molecule has 0 aliphatic heterocycles. The van der Waals surface area contributed by atoms with Gasteiger partial charge in [0.2, 0.25) is 0 Å². The Morgan fingerprint density at radius 2 is 2.24 bits per heavy atom. The van der Waals surface area contributed by atoms with Crippen molar-refractivity contribution < 1.29 is 9.53 Å². The molecule has 0 radical (unpaired) electrons. The van der Waals surface area contributed by atoms with Gasteiger partial charge in [0.15, 0.2) is 0 Å². The maximum Gasteiger partial charge on any atom is 0.332 e. The van der Waals surface area contributed by atoms with Crippen LogP contribution in [0.25, 0.3) is 5.57 Å². The highest BCUT2D eigenvalue weighted by Gasteiger charge is 2.05. The van der Waals surface area contributed by atoms with Gasteiger partial charge in [0.25, 0.3) is 0 Å². The van der Waals surface area contributed by atoms with E-state index in [4.69, 9.17) is 15.3 Å². The number of allylic oxidation sites excluding steroid dienone is 1. The van der Waals surface area contributed by atoms with Crippen LogP contribution in [0, 0.1) is 22.7 Å². The highest BCUT2D eigenvalue weighted by molar-refractivity contribution is 5.95. The lowest BCUT2D eigenvalue weighted by Gasteiger charge is -2.00. The van der Waals surface area contributed by atoms with E-state index in [-0.39, 0.29) is 12.2 Å². The molecule has 0 atom stereocenters. The Kier molecular flexibility index (Phi) is 4.47. The van der Waals surface area contributed by atoms with Gasteiger partial charge in [-0.2, -0.15) is 10.5 Å². The average molecular weight is 226 g/mol. The van der Waals surface area contributed by atoms with Gasteiger partial charge in [0.05, 0.1) is 23.8 Å². The third-order valence-corrected chi connectivity index (χ3v) is 1.97. The van der Waals surface area contributed by atoms with Gasteiger partial charge in [-0.3, -0.25) is 0 Å². The van der Waals surface area contributed by atoms with Crippen LogP contribution in [-0.2, 0) is 9.53 Å². The monoisotopic (exact) mass is 226 g/mol. The van der Waals surface area contributed by atoms with Gasteiger partial charge in [0.1, 0.15) is 6.07 Å². The smallest absolute Gasteiger partial charge is 0.332 e. The molecule has 17 heavy (non-hydrogen) atoms. The minimum atomic E-state index is -0.564. The van der Waals surface area contributed by atoms with Crippen molar-refractivity contribution in [1.29, 1.82) is 10.5 Å².